The van der Waals surface area contributed by atoms with E-state index in [1.807, 2.05) is 12.3 Å². The van der Waals surface area contributed by atoms with Gasteiger partial charge in [-0.3, -0.25) is 4.98 Å². The van der Waals surface area contributed by atoms with Crippen LogP contribution in [0.1, 0.15) is 71.8 Å². The largest absolute Gasteiger partial charge is 0.493 e. The summed E-state index contributed by atoms with van der Waals surface area (Å²) in [5.41, 5.74) is 1.24. The van der Waals surface area contributed by atoms with Crippen LogP contribution in [0.5, 0.6) is 5.75 Å². The second kappa shape index (κ2) is 9.78. The van der Waals surface area contributed by atoms with Crippen molar-refractivity contribution in [2.24, 2.45) is 0 Å². The van der Waals surface area contributed by atoms with E-state index in [1.54, 1.807) is 6.20 Å². The van der Waals surface area contributed by atoms with Crippen molar-refractivity contribution in [3.05, 3.63) is 24.0 Å². The zero-order valence-corrected chi connectivity index (χ0v) is 14.2. The van der Waals surface area contributed by atoms with Crippen LogP contribution < -0.4 is 10.1 Å². The quantitative estimate of drug-likeness (QED) is 0.634. The summed E-state index contributed by atoms with van der Waals surface area (Å²) in [6, 6.07) is 1.97. The lowest BCUT2D eigenvalue weighted by molar-refractivity contribution is 0.298. The van der Waals surface area contributed by atoms with Gasteiger partial charge in [0.05, 0.1) is 6.61 Å². The Morgan fingerprint density at radius 2 is 1.81 bits per heavy atom. The maximum Gasteiger partial charge on any atom is 0.126 e. The Morgan fingerprint density at radius 3 is 2.52 bits per heavy atom. The minimum atomic E-state index is 0.104. The molecule has 0 amide bonds. The highest BCUT2D eigenvalue weighted by Gasteiger charge is 2.11. The molecule has 0 aliphatic heterocycles. The van der Waals surface area contributed by atoms with Crippen molar-refractivity contribution < 1.29 is 4.74 Å². The summed E-state index contributed by atoms with van der Waals surface area (Å²) in [5.74, 6) is 0.968. The third-order valence-electron chi connectivity index (χ3n) is 3.42. The number of hydrogen-bond donors (Lipinski definition) is 1. The van der Waals surface area contributed by atoms with Crippen LogP contribution in [0.3, 0.4) is 0 Å². The first-order valence-corrected chi connectivity index (χ1v) is 8.33. The van der Waals surface area contributed by atoms with Crippen molar-refractivity contribution in [1.29, 1.82) is 0 Å². The maximum atomic E-state index is 5.93. The average molecular weight is 292 g/mol. The van der Waals surface area contributed by atoms with Gasteiger partial charge in [-0.2, -0.15) is 0 Å². The first-order chi connectivity index (χ1) is 10.0. The highest BCUT2D eigenvalue weighted by atomic mass is 16.5. The molecule has 0 saturated heterocycles. The molecule has 1 rings (SSSR count). The number of ether oxygens (including phenoxy) is 1. The van der Waals surface area contributed by atoms with E-state index in [4.69, 9.17) is 4.74 Å². The lowest BCUT2D eigenvalue weighted by Crippen LogP contribution is -2.35. The third-order valence-corrected chi connectivity index (χ3v) is 3.42. The van der Waals surface area contributed by atoms with E-state index in [9.17, 15) is 0 Å². The molecule has 1 N–H and O–H groups in total. The molecule has 3 heteroatoms. The van der Waals surface area contributed by atoms with E-state index < -0.39 is 0 Å². The number of unbranched alkanes of at least 4 members (excludes halogenated alkanes) is 5. The number of nitrogens with one attached hydrogen (secondary N) is 1. The minimum absolute atomic E-state index is 0.104. The lowest BCUT2D eigenvalue weighted by atomic mass is 10.1. The van der Waals surface area contributed by atoms with Crippen LogP contribution in [0, 0.1) is 0 Å². The number of nitrogens with zero attached hydrogens (tertiary/aromatic N) is 1. The summed E-state index contributed by atoms with van der Waals surface area (Å²) < 4.78 is 5.93. The number of hydrogen-bond acceptors (Lipinski definition) is 3. The molecule has 3 nitrogen and oxygen atoms in total. The molecule has 0 radical (unpaired) electrons. The van der Waals surface area contributed by atoms with Gasteiger partial charge in [0, 0.05) is 30.0 Å². The zero-order valence-electron chi connectivity index (χ0n) is 14.2. The monoisotopic (exact) mass is 292 g/mol. The van der Waals surface area contributed by atoms with Crippen molar-refractivity contribution in [1.82, 2.24) is 10.3 Å². The van der Waals surface area contributed by atoms with Gasteiger partial charge in [-0.15, -0.1) is 0 Å². The molecule has 1 heterocycles. The molecular formula is C18H32N2O. The highest BCUT2D eigenvalue weighted by Crippen LogP contribution is 2.18. The highest BCUT2D eigenvalue weighted by molar-refractivity contribution is 5.30. The van der Waals surface area contributed by atoms with Crippen LogP contribution in [0.2, 0.25) is 0 Å². The summed E-state index contributed by atoms with van der Waals surface area (Å²) in [4.78, 5) is 4.20. The second-order valence-corrected chi connectivity index (χ2v) is 6.70. The number of pyridine rings is 1. The Labute approximate surface area is 130 Å². The van der Waals surface area contributed by atoms with E-state index in [2.05, 4.69) is 38.0 Å². The summed E-state index contributed by atoms with van der Waals surface area (Å²) in [6.07, 6.45) is 11.4. The topological polar surface area (TPSA) is 34.1 Å². The molecule has 0 fully saturated rings. The smallest absolute Gasteiger partial charge is 0.126 e. The van der Waals surface area contributed by atoms with Crippen LogP contribution in [0.15, 0.2) is 18.5 Å². The Hall–Kier alpha value is -1.09. The number of aromatic nitrogens is 1. The first-order valence-electron chi connectivity index (χ1n) is 8.33. The van der Waals surface area contributed by atoms with Crippen molar-refractivity contribution in [2.45, 2.75) is 78.3 Å². The van der Waals surface area contributed by atoms with Gasteiger partial charge in [0.1, 0.15) is 5.75 Å². The van der Waals surface area contributed by atoms with Crippen molar-refractivity contribution in [3.8, 4) is 5.75 Å². The fourth-order valence-electron chi connectivity index (χ4n) is 2.11. The normalized spacial score (nSPS) is 11.6. The molecule has 0 aliphatic rings. The molecule has 1 aromatic rings. The Morgan fingerprint density at radius 1 is 1.10 bits per heavy atom. The van der Waals surface area contributed by atoms with Crippen molar-refractivity contribution >= 4 is 0 Å². The van der Waals surface area contributed by atoms with Gasteiger partial charge in [-0.1, -0.05) is 39.0 Å². The van der Waals surface area contributed by atoms with Gasteiger partial charge in [-0.05, 0) is 33.3 Å². The molecule has 21 heavy (non-hydrogen) atoms. The third kappa shape index (κ3) is 8.71. The fraction of sp³-hybridized carbons (Fsp3) is 0.722. The molecule has 120 valence electrons. The lowest BCUT2D eigenvalue weighted by Gasteiger charge is -2.21. The molecular weight excluding hydrogens is 260 g/mol. The Bertz CT molecular complexity index is 385. The minimum Gasteiger partial charge on any atom is -0.493 e. The van der Waals surface area contributed by atoms with E-state index in [0.717, 1.165) is 30.9 Å². The Balaban J connectivity index is 2.31. The van der Waals surface area contributed by atoms with Gasteiger partial charge < -0.3 is 10.1 Å². The Kier molecular flexibility index (Phi) is 8.36. The predicted molar refractivity (Wildman–Crippen MR) is 89.7 cm³/mol. The first kappa shape index (κ1) is 18.0. The average Bonchev–Trinajstić information content (AvgIpc) is 2.44. The van der Waals surface area contributed by atoms with Crippen LogP contribution in [0.4, 0.5) is 0 Å². The van der Waals surface area contributed by atoms with Crippen LogP contribution in [-0.4, -0.2) is 17.1 Å². The van der Waals surface area contributed by atoms with Gasteiger partial charge in [0.25, 0.3) is 0 Å². The second-order valence-electron chi connectivity index (χ2n) is 6.70. The summed E-state index contributed by atoms with van der Waals surface area (Å²) in [7, 11) is 0. The standard InChI is InChI=1S/C18H32N2O/c1-5-6-7-8-9-10-13-21-17-11-12-19-14-16(17)15-20-18(2,3)4/h11-12,14,20H,5-10,13,15H2,1-4H3. The van der Waals surface area contributed by atoms with Gasteiger partial charge in [0.2, 0.25) is 0 Å². The predicted octanol–water partition coefficient (Wildman–Crippen LogP) is 4.71. The SMILES string of the molecule is CCCCCCCCOc1ccncc1CNC(C)(C)C. The number of rotatable bonds is 10. The maximum absolute atomic E-state index is 5.93. The molecule has 0 bridgehead atoms. The van der Waals surface area contributed by atoms with Crippen LogP contribution in [0.25, 0.3) is 0 Å². The fourth-order valence-corrected chi connectivity index (χ4v) is 2.11. The zero-order chi connectivity index (χ0) is 15.6. The van der Waals surface area contributed by atoms with E-state index in [1.165, 1.54) is 32.1 Å². The van der Waals surface area contributed by atoms with Crippen molar-refractivity contribution in [2.75, 3.05) is 6.61 Å². The van der Waals surface area contributed by atoms with E-state index in [-0.39, 0.29) is 5.54 Å². The molecule has 0 atom stereocenters. The van der Waals surface area contributed by atoms with E-state index >= 15 is 0 Å². The molecule has 0 spiro atoms. The summed E-state index contributed by atoms with van der Waals surface area (Å²) in [6.45, 7) is 10.3. The van der Waals surface area contributed by atoms with E-state index in [0.29, 0.717) is 0 Å². The summed E-state index contributed by atoms with van der Waals surface area (Å²) >= 11 is 0. The van der Waals surface area contributed by atoms with Gasteiger partial charge in [0.15, 0.2) is 0 Å². The van der Waals surface area contributed by atoms with Gasteiger partial charge in [-0.25, -0.2) is 0 Å². The van der Waals surface area contributed by atoms with Crippen LogP contribution in [-0.2, 0) is 6.54 Å². The molecule has 0 aromatic carbocycles. The molecule has 0 saturated carbocycles. The van der Waals surface area contributed by atoms with Crippen LogP contribution >= 0.6 is 0 Å². The summed E-state index contributed by atoms with van der Waals surface area (Å²) in [5, 5.41) is 3.48. The molecule has 0 aliphatic carbocycles. The van der Waals surface area contributed by atoms with Crippen molar-refractivity contribution in [3.63, 3.8) is 0 Å². The van der Waals surface area contributed by atoms with Gasteiger partial charge >= 0.3 is 0 Å². The molecule has 1 aromatic heterocycles. The molecule has 0 unspecified atom stereocenters.